The van der Waals surface area contributed by atoms with Gasteiger partial charge in [0.1, 0.15) is 12.1 Å². The largest absolute Gasteiger partial charge is 0.389 e. The number of hydrogen-bond acceptors (Lipinski definition) is 5. The summed E-state index contributed by atoms with van der Waals surface area (Å²) in [7, 11) is 0. The van der Waals surface area contributed by atoms with Crippen molar-refractivity contribution in [3.8, 4) is 0 Å². The second kappa shape index (κ2) is 6.25. The van der Waals surface area contributed by atoms with Crippen LogP contribution in [0.3, 0.4) is 0 Å². The number of hydrogen-bond donors (Lipinski definition) is 2. The first kappa shape index (κ1) is 18.1. The topological polar surface area (TPSA) is 93.2 Å². The molecular formula is C17H28N4O4. The first-order valence-corrected chi connectivity index (χ1v) is 9.03. The number of rotatable bonds is 3. The predicted octanol–water partition coefficient (Wildman–Crippen LogP) is -0.378. The first-order chi connectivity index (χ1) is 11.7. The molecule has 3 aliphatic heterocycles. The van der Waals surface area contributed by atoms with E-state index in [0.717, 1.165) is 31.0 Å². The Morgan fingerprint density at radius 1 is 1.24 bits per heavy atom. The van der Waals surface area contributed by atoms with Gasteiger partial charge >= 0.3 is 6.03 Å². The molecule has 0 aromatic carbocycles. The molecule has 0 bridgehead atoms. The van der Waals surface area contributed by atoms with Gasteiger partial charge in [-0.3, -0.25) is 14.5 Å². The molecule has 2 N–H and O–H groups in total. The molecule has 0 saturated carbocycles. The minimum absolute atomic E-state index is 0.0125. The summed E-state index contributed by atoms with van der Waals surface area (Å²) in [5.41, 5.74) is -1.67. The third kappa shape index (κ3) is 3.25. The summed E-state index contributed by atoms with van der Waals surface area (Å²) in [6.45, 7) is 8.62. The standard InChI is InChI=1S/C17H28N4O4/c1-4-19-7-5-17(25)6-8-20(10-12(17)9-19)13(22)11-21-14(23)16(2,3)18-15(21)24/h12,25H,4-11H2,1-3H3,(H,18,24)/t12-,17-/m0/s1. The highest BCUT2D eigenvalue weighted by Crippen LogP contribution is 2.35. The maximum absolute atomic E-state index is 12.6. The Bertz CT molecular complexity index is 593. The molecule has 8 nitrogen and oxygen atoms in total. The summed E-state index contributed by atoms with van der Waals surface area (Å²) in [6, 6.07) is -0.522. The minimum Gasteiger partial charge on any atom is -0.389 e. The maximum Gasteiger partial charge on any atom is 0.325 e. The SMILES string of the molecule is CCN1CC[C@]2(O)CCN(C(=O)CN3C(=O)NC(C)(C)C3=O)C[C@@H]2C1. The van der Waals surface area contributed by atoms with E-state index in [1.807, 2.05) is 0 Å². The average Bonchev–Trinajstić information content (AvgIpc) is 2.75. The zero-order valence-corrected chi connectivity index (χ0v) is 15.2. The number of aliphatic hydroxyl groups is 1. The highest BCUT2D eigenvalue weighted by Gasteiger charge is 2.48. The smallest absolute Gasteiger partial charge is 0.325 e. The van der Waals surface area contributed by atoms with Crippen LogP contribution in [0.25, 0.3) is 0 Å². The Morgan fingerprint density at radius 3 is 2.52 bits per heavy atom. The fourth-order valence-corrected chi connectivity index (χ4v) is 4.08. The molecule has 3 fully saturated rings. The number of urea groups is 1. The molecule has 2 atom stereocenters. The second-order valence-electron chi connectivity index (χ2n) is 7.98. The Kier molecular flexibility index (Phi) is 4.53. The Hall–Kier alpha value is -1.67. The number of fused-ring (bicyclic) bond motifs is 1. The second-order valence-corrected chi connectivity index (χ2v) is 7.98. The van der Waals surface area contributed by atoms with E-state index in [-0.39, 0.29) is 24.3 Å². The summed E-state index contributed by atoms with van der Waals surface area (Å²) in [4.78, 5) is 41.8. The van der Waals surface area contributed by atoms with E-state index in [1.54, 1.807) is 18.7 Å². The molecule has 8 heteroatoms. The molecular weight excluding hydrogens is 324 g/mol. The van der Waals surface area contributed by atoms with Crippen LogP contribution in [-0.4, -0.2) is 88.1 Å². The number of likely N-dealkylation sites (tertiary alicyclic amines) is 2. The lowest BCUT2D eigenvalue weighted by atomic mass is 9.75. The van der Waals surface area contributed by atoms with Gasteiger partial charge in [0.05, 0.1) is 5.60 Å². The van der Waals surface area contributed by atoms with E-state index in [0.29, 0.717) is 19.5 Å². The van der Waals surface area contributed by atoms with Gasteiger partial charge in [-0.15, -0.1) is 0 Å². The zero-order chi connectivity index (χ0) is 18.4. The van der Waals surface area contributed by atoms with Crippen LogP contribution >= 0.6 is 0 Å². The number of nitrogens with zero attached hydrogens (tertiary/aromatic N) is 3. The predicted molar refractivity (Wildman–Crippen MR) is 90.7 cm³/mol. The fourth-order valence-electron chi connectivity index (χ4n) is 4.08. The van der Waals surface area contributed by atoms with Crippen LogP contribution < -0.4 is 5.32 Å². The van der Waals surface area contributed by atoms with E-state index in [9.17, 15) is 19.5 Å². The molecule has 4 amide bonds. The van der Waals surface area contributed by atoms with Crippen molar-refractivity contribution in [2.75, 3.05) is 39.3 Å². The lowest BCUT2D eigenvalue weighted by Crippen LogP contribution is -2.61. The maximum atomic E-state index is 12.6. The first-order valence-electron chi connectivity index (χ1n) is 9.03. The van der Waals surface area contributed by atoms with E-state index < -0.39 is 17.2 Å². The summed E-state index contributed by atoms with van der Waals surface area (Å²) in [5.74, 6) is -0.607. The molecule has 0 aromatic rings. The van der Waals surface area contributed by atoms with Crippen LogP contribution in [0.15, 0.2) is 0 Å². The van der Waals surface area contributed by atoms with Crippen LogP contribution in [0.5, 0.6) is 0 Å². The van der Waals surface area contributed by atoms with Crippen molar-refractivity contribution in [3.05, 3.63) is 0 Å². The van der Waals surface area contributed by atoms with Gasteiger partial charge in [0.25, 0.3) is 5.91 Å². The molecule has 25 heavy (non-hydrogen) atoms. The van der Waals surface area contributed by atoms with Crippen molar-refractivity contribution < 1.29 is 19.5 Å². The summed E-state index contributed by atoms with van der Waals surface area (Å²) in [5, 5.41) is 13.4. The summed E-state index contributed by atoms with van der Waals surface area (Å²) >= 11 is 0. The molecule has 0 aliphatic carbocycles. The van der Waals surface area contributed by atoms with E-state index >= 15 is 0 Å². The average molecular weight is 352 g/mol. The van der Waals surface area contributed by atoms with Crippen LogP contribution in [0, 0.1) is 5.92 Å². The van der Waals surface area contributed by atoms with Gasteiger partial charge in [-0.25, -0.2) is 4.79 Å². The van der Waals surface area contributed by atoms with Crippen molar-refractivity contribution in [2.45, 2.75) is 44.8 Å². The molecule has 0 radical (unpaired) electrons. The van der Waals surface area contributed by atoms with Gasteiger partial charge in [-0.05, 0) is 33.2 Å². The Balaban J connectivity index is 1.64. The van der Waals surface area contributed by atoms with E-state index in [1.165, 1.54) is 0 Å². The van der Waals surface area contributed by atoms with Gasteiger partial charge in [-0.1, -0.05) is 6.92 Å². The lowest BCUT2D eigenvalue weighted by Gasteiger charge is -2.50. The summed E-state index contributed by atoms with van der Waals surface area (Å²) in [6.07, 6.45) is 1.28. The van der Waals surface area contributed by atoms with Gasteiger partial charge in [-0.2, -0.15) is 0 Å². The molecule has 3 heterocycles. The highest BCUT2D eigenvalue weighted by atomic mass is 16.3. The van der Waals surface area contributed by atoms with Gasteiger partial charge < -0.3 is 20.2 Å². The number of piperidine rings is 2. The number of imide groups is 1. The fraction of sp³-hybridized carbons (Fsp3) is 0.824. The molecule has 3 rings (SSSR count). The number of amides is 4. The third-order valence-electron chi connectivity index (χ3n) is 5.89. The van der Waals surface area contributed by atoms with Crippen LogP contribution in [0.1, 0.15) is 33.6 Å². The van der Waals surface area contributed by atoms with Crippen LogP contribution in [0.4, 0.5) is 4.79 Å². The van der Waals surface area contributed by atoms with Gasteiger partial charge in [0.15, 0.2) is 0 Å². The monoisotopic (exact) mass is 352 g/mol. The molecule has 0 spiro atoms. The zero-order valence-electron chi connectivity index (χ0n) is 15.2. The minimum atomic E-state index is -0.968. The molecule has 0 unspecified atom stereocenters. The molecule has 3 saturated heterocycles. The van der Waals surface area contributed by atoms with E-state index in [2.05, 4.69) is 17.1 Å². The number of nitrogens with one attached hydrogen (secondary N) is 1. The summed E-state index contributed by atoms with van der Waals surface area (Å²) < 4.78 is 0. The number of carbonyl (C=O) groups is 3. The van der Waals surface area contributed by atoms with Crippen LogP contribution in [0.2, 0.25) is 0 Å². The number of carbonyl (C=O) groups excluding carboxylic acids is 3. The van der Waals surface area contributed by atoms with Crippen molar-refractivity contribution in [2.24, 2.45) is 5.92 Å². The third-order valence-corrected chi connectivity index (χ3v) is 5.89. The van der Waals surface area contributed by atoms with Crippen molar-refractivity contribution in [1.82, 2.24) is 20.0 Å². The molecule has 3 aliphatic rings. The Labute approximate surface area is 148 Å². The normalized spacial score (nSPS) is 32.6. The Morgan fingerprint density at radius 2 is 1.92 bits per heavy atom. The molecule has 140 valence electrons. The van der Waals surface area contributed by atoms with Crippen molar-refractivity contribution in [3.63, 3.8) is 0 Å². The van der Waals surface area contributed by atoms with Crippen LogP contribution in [-0.2, 0) is 9.59 Å². The van der Waals surface area contributed by atoms with Gasteiger partial charge in [0.2, 0.25) is 5.91 Å². The van der Waals surface area contributed by atoms with Crippen molar-refractivity contribution in [1.29, 1.82) is 0 Å². The molecule has 0 aromatic heterocycles. The van der Waals surface area contributed by atoms with Crippen molar-refractivity contribution >= 4 is 17.8 Å². The van der Waals surface area contributed by atoms with E-state index in [4.69, 9.17) is 0 Å². The quantitative estimate of drug-likeness (QED) is 0.676. The van der Waals surface area contributed by atoms with Gasteiger partial charge in [0, 0.05) is 32.1 Å². The highest BCUT2D eigenvalue weighted by molar-refractivity contribution is 6.08. The lowest BCUT2D eigenvalue weighted by molar-refractivity contribution is -0.149.